The maximum atomic E-state index is 13.4. The van der Waals surface area contributed by atoms with Gasteiger partial charge in [0.25, 0.3) is 0 Å². The molecule has 1 aromatic carbocycles. The predicted molar refractivity (Wildman–Crippen MR) is 68.6 cm³/mol. The Labute approximate surface area is 108 Å². The molecule has 2 N–H and O–H groups in total. The highest BCUT2D eigenvalue weighted by Gasteiger charge is 2.11. The molecule has 2 nitrogen and oxygen atoms in total. The van der Waals surface area contributed by atoms with Gasteiger partial charge in [0.05, 0.1) is 10.7 Å². The zero-order valence-electron chi connectivity index (χ0n) is 9.99. The van der Waals surface area contributed by atoms with E-state index in [1.807, 2.05) is 12.3 Å². The fourth-order valence-electron chi connectivity index (χ4n) is 1.82. The van der Waals surface area contributed by atoms with Gasteiger partial charge in [-0.2, -0.15) is 0 Å². The molecule has 1 unspecified atom stereocenters. The first-order valence-electron chi connectivity index (χ1n) is 5.65. The first-order valence-corrected chi connectivity index (χ1v) is 6.53. The molecule has 2 rings (SSSR count). The second kappa shape index (κ2) is 5.54. The zero-order valence-corrected chi connectivity index (χ0v) is 10.8. The Morgan fingerprint density at radius 3 is 2.78 bits per heavy atom. The number of hydrogen-bond donors (Lipinski definition) is 1. The summed E-state index contributed by atoms with van der Waals surface area (Å²) >= 11 is 1.56. The number of rotatable bonds is 4. The zero-order chi connectivity index (χ0) is 13.1. The van der Waals surface area contributed by atoms with Crippen LogP contribution in [-0.4, -0.2) is 11.0 Å². The number of hydrogen-bond acceptors (Lipinski definition) is 3. The summed E-state index contributed by atoms with van der Waals surface area (Å²) in [6.07, 6.45) is 0.875. The van der Waals surface area contributed by atoms with Crippen molar-refractivity contribution >= 4 is 11.3 Å². The lowest BCUT2D eigenvalue weighted by molar-refractivity contribution is 0.565. The van der Waals surface area contributed by atoms with Crippen LogP contribution in [0.3, 0.4) is 0 Å². The first-order chi connectivity index (χ1) is 8.54. The van der Waals surface area contributed by atoms with Crippen LogP contribution in [0.1, 0.15) is 16.3 Å². The van der Waals surface area contributed by atoms with Crippen molar-refractivity contribution < 1.29 is 8.78 Å². The minimum atomic E-state index is -0.442. The van der Waals surface area contributed by atoms with Crippen molar-refractivity contribution in [2.24, 2.45) is 5.73 Å². The van der Waals surface area contributed by atoms with Crippen molar-refractivity contribution in [1.82, 2.24) is 4.98 Å². The second-order valence-electron chi connectivity index (χ2n) is 4.26. The Kier molecular flexibility index (Phi) is 4.04. The van der Waals surface area contributed by atoms with Gasteiger partial charge in [-0.25, -0.2) is 13.8 Å². The van der Waals surface area contributed by atoms with Gasteiger partial charge in [0.15, 0.2) is 0 Å². The molecule has 0 aliphatic rings. The molecule has 1 aromatic heterocycles. The summed E-state index contributed by atoms with van der Waals surface area (Å²) in [5.41, 5.74) is 7.16. The van der Waals surface area contributed by atoms with E-state index in [9.17, 15) is 8.78 Å². The molecule has 0 fully saturated rings. The van der Waals surface area contributed by atoms with Crippen LogP contribution in [0.2, 0.25) is 0 Å². The predicted octanol–water partition coefficient (Wildman–Crippen LogP) is 2.84. The molecule has 0 saturated carbocycles. The number of aromatic nitrogens is 1. The van der Waals surface area contributed by atoms with E-state index in [1.54, 1.807) is 11.3 Å². The van der Waals surface area contributed by atoms with E-state index >= 15 is 0 Å². The standard InChI is InChI=1S/C13H14F2N2S/c1-8-17-12(7-18-8)6-11(16)5-9-4-10(14)2-3-13(9)15/h2-4,7,11H,5-6,16H2,1H3. The summed E-state index contributed by atoms with van der Waals surface area (Å²) in [5.74, 6) is -0.857. The third-order valence-electron chi connectivity index (χ3n) is 2.63. The summed E-state index contributed by atoms with van der Waals surface area (Å²) in [5, 5.41) is 2.92. The monoisotopic (exact) mass is 268 g/mol. The molecule has 0 bridgehead atoms. The van der Waals surface area contributed by atoms with Crippen molar-refractivity contribution in [3.8, 4) is 0 Å². The van der Waals surface area contributed by atoms with E-state index in [2.05, 4.69) is 4.98 Å². The summed E-state index contributed by atoms with van der Waals surface area (Å²) < 4.78 is 26.4. The third kappa shape index (κ3) is 3.34. The van der Waals surface area contributed by atoms with Crippen LogP contribution >= 0.6 is 11.3 Å². The Bertz CT molecular complexity index is 540. The normalized spacial score (nSPS) is 12.7. The van der Waals surface area contributed by atoms with E-state index < -0.39 is 11.6 Å². The summed E-state index contributed by atoms with van der Waals surface area (Å²) in [4.78, 5) is 4.30. The van der Waals surface area contributed by atoms with E-state index in [-0.39, 0.29) is 6.04 Å². The summed E-state index contributed by atoms with van der Waals surface area (Å²) in [6, 6.07) is 3.17. The molecular weight excluding hydrogens is 254 g/mol. The van der Waals surface area contributed by atoms with Gasteiger partial charge in [0.2, 0.25) is 0 Å². The van der Waals surface area contributed by atoms with E-state index in [1.165, 1.54) is 6.07 Å². The number of nitrogens with zero attached hydrogens (tertiary/aromatic N) is 1. The number of thiazole rings is 1. The topological polar surface area (TPSA) is 38.9 Å². The first kappa shape index (κ1) is 13.1. The maximum absolute atomic E-state index is 13.4. The lowest BCUT2D eigenvalue weighted by atomic mass is 10.0. The van der Waals surface area contributed by atoms with E-state index in [4.69, 9.17) is 5.73 Å². The molecule has 5 heteroatoms. The number of benzene rings is 1. The van der Waals surface area contributed by atoms with Crippen LogP contribution in [0, 0.1) is 18.6 Å². The fourth-order valence-corrected chi connectivity index (χ4v) is 2.45. The van der Waals surface area contributed by atoms with E-state index in [0.717, 1.165) is 22.8 Å². The van der Waals surface area contributed by atoms with E-state index in [0.29, 0.717) is 18.4 Å². The molecule has 0 saturated heterocycles. The smallest absolute Gasteiger partial charge is 0.126 e. The van der Waals surface area contributed by atoms with Crippen molar-refractivity contribution in [2.75, 3.05) is 0 Å². The molecule has 1 heterocycles. The van der Waals surface area contributed by atoms with Gasteiger partial charge in [-0.15, -0.1) is 11.3 Å². The molecular formula is C13H14F2N2S. The lowest BCUT2D eigenvalue weighted by Gasteiger charge is -2.10. The minimum absolute atomic E-state index is 0.261. The Balaban J connectivity index is 2.02. The van der Waals surface area contributed by atoms with Crippen molar-refractivity contribution in [1.29, 1.82) is 0 Å². The average molecular weight is 268 g/mol. The summed E-state index contributed by atoms with van der Waals surface area (Å²) in [6.45, 7) is 1.92. The maximum Gasteiger partial charge on any atom is 0.126 e. The Morgan fingerprint density at radius 2 is 2.11 bits per heavy atom. The van der Waals surface area contributed by atoms with Crippen molar-refractivity contribution in [3.63, 3.8) is 0 Å². The van der Waals surface area contributed by atoms with Gasteiger partial charge >= 0.3 is 0 Å². The van der Waals surface area contributed by atoms with Gasteiger partial charge < -0.3 is 5.73 Å². The Hall–Kier alpha value is -1.33. The van der Waals surface area contributed by atoms with Gasteiger partial charge in [0.1, 0.15) is 11.6 Å². The molecule has 1 atom stereocenters. The van der Waals surface area contributed by atoms with Gasteiger partial charge in [0, 0.05) is 17.8 Å². The number of halogens is 2. The van der Waals surface area contributed by atoms with Crippen LogP contribution in [-0.2, 0) is 12.8 Å². The average Bonchev–Trinajstić information content (AvgIpc) is 2.69. The molecule has 18 heavy (non-hydrogen) atoms. The molecule has 0 radical (unpaired) electrons. The van der Waals surface area contributed by atoms with Gasteiger partial charge in [-0.1, -0.05) is 0 Å². The number of aryl methyl sites for hydroxylation is 1. The van der Waals surface area contributed by atoms with Crippen LogP contribution in [0.25, 0.3) is 0 Å². The van der Waals surface area contributed by atoms with Crippen LogP contribution in [0.5, 0.6) is 0 Å². The highest BCUT2D eigenvalue weighted by Crippen LogP contribution is 2.14. The molecule has 96 valence electrons. The highest BCUT2D eigenvalue weighted by molar-refractivity contribution is 7.09. The molecule has 0 amide bonds. The fraction of sp³-hybridized carbons (Fsp3) is 0.308. The SMILES string of the molecule is Cc1nc(CC(N)Cc2cc(F)ccc2F)cs1. The quantitative estimate of drug-likeness (QED) is 0.926. The van der Waals surface area contributed by atoms with Crippen LogP contribution in [0.15, 0.2) is 23.6 Å². The Morgan fingerprint density at radius 1 is 1.33 bits per heavy atom. The second-order valence-corrected chi connectivity index (χ2v) is 5.32. The van der Waals surface area contributed by atoms with Gasteiger partial charge in [-0.05, 0) is 37.1 Å². The third-order valence-corrected chi connectivity index (χ3v) is 3.45. The molecule has 0 aliphatic carbocycles. The van der Waals surface area contributed by atoms with Crippen molar-refractivity contribution in [2.45, 2.75) is 25.8 Å². The largest absolute Gasteiger partial charge is 0.327 e. The minimum Gasteiger partial charge on any atom is -0.327 e. The van der Waals surface area contributed by atoms with Crippen molar-refractivity contribution in [3.05, 3.63) is 51.5 Å². The van der Waals surface area contributed by atoms with Crippen LogP contribution < -0.4 is 5.73 Å². The molecule has 2 aromatic rings. The lowest BCUT2D eigenvalue weighted by Crippen LogP contribution is -2.26. The highest BCUT2D eigenvalue weighted by atomic mass is 32.1. The summed E-state index contributed by atoms with van der Waals surface area (Å²) in [7, 11) is 0. The van der Waals surface area contributed by atoms with Gasteiger partial charge in [-0.3, -0.25) is 0 Å². The molecule has 0 spiro atoms. The van der Waals surface area contributed by atoms with Crippen LogP contribution in [0.4, 0.5) is 8.78 Å². The number of nitrogens with two attached hydrogens (primary N) is 1. The molecule has 0 aliphatic heterocycles.